The van der Waals surface area contributed by atoms with E-state index in [0.717, 1.165) is 12.8 Å². The van der Waals surface area contributed by atoms with Crippen molar-refractivity contribution in [1.29, 1.82) is 0 Å². The average molecular weight is 342 g/mol. The van der Waals surface area contributed by atoms with Gasteiger partial charge in [0.1, 0.15) is 12.1 Å². The monoisotopic (exact) mass is 342 g/mol. The van der Waals surface area contributed by atoms with E-state index in [-0.39, 0.29) is 0 Å². The van der Waals surface area contributed by atoms with E-state index in [1.54, 1.807) is 6.92 Å². The highest BCUT2D eigenvalue weighted by Crippen LogP contribution is 2.26. The van der Waals surface area contributed by atoms with Gasteiger partial charge >= 0.3 is 11.9 Å². The Balaban J connectivity index is 0.000000240. The zero-order valence-electron chi connectivity index (χ0n) is 14.9. The molecule has 0 aromatic heterocycles. The molecule has 0 spiro atoms. The van der Waals surface area contributed by atoms with Crippen LogP contribution >= 0.6 is 0 Å². The van der Waals surface area contributed by atoms with E-state index < -0.39 is 24.0 Å². The number of aliphatic carboxylic acids is 2. The number of carboxylic acid groups (broad SMARTS) is 2. The Morgan fingerprint density at radius 2 is 1.46 bits per heavy atom. The fraction of sp³-hybridized carbons (Fsp3) is 0.889. The first kappa shape index (κ1) is 20.9. The number of hydrogen-bond donors (Lipinski definition) is 4. The van der Waals surface area contributed by atoms with Crippen LogP contribution < -0.4 is 11.1 Å². The molecular formula is C18H34N2O4. The van der Waals surface area contributed by atoms with Crippen LogP contribution in [-0.4, -0.2) is 40.3 Å². The van der Waals surface area contributed by atoms with Crippen molar-refractivity contribution < 1.29 is 19.8 Å². The van der Waals surface area contributed by atoms with Crippen LogP contribution in [-0.2, 0) is 9.59 Å². The molecule has 2 rings (SSSR count). The molecule has 24 heavy (non-hydrogen) atoms. The summed E-state index contributed by atoms with van der Waals surface area (Å²) in [6.07, 6.45) is 12.9. The molecule has 2 aliphatic rings. The maximum absolute atomic E-state index is 10.5. The number of hydrogen-bond acceptors (Lipinski definition) is 4. The lowest BCUT2D eigenvalue weighted by Crippen LogP contribution is -2.42. The van der Waals surface area contributed by atoms with Gasteiger partial charge in [0, 0.05) is 6.04 Å². The van der Waals surface area contributed by atoms with E-state index in [9.17, 15) is 9.59 Å². The first-order valence-corrected chi connectivity index (χ1v) is 9.37. The first-order valence-electron chi connectivity index (χ1n) is 9.37. The van der Waals surface area contributed by atoms with Crippen LogP contribution in [0.15, 0.2) is 0 Å². The molecule has 0 heterocycles. The third kappa shape index (κ3) is 8.64. The topological polar surface area (TPSA) is 113 Å². The van der Waals surface area contributed by atoms with Gasteiger partial charge in [-0.05, 0) is 32.1 Å². The van der Waals surface area contributed by atoms with Gasteiger partial charge in [-0.2, -0.15) is 0 Å². The lowest BCUT2D eigenvalue weighted by Gasteiger charge is -2.24. The Labute approximate surface area is 145 Å². The van der Waals surface area contributed by atoms with E-state index in [4.69, 9.17) is 15.9 Å². The van der Waals surface area contributed by atoms with E-state index in [0.29, 0.717) is 18.4 Å². The molecule has 0 bridgehead atoms. The Morgan fingerprint density at radius 1 is 0.958 bits per heavy atom. The summed E-state index contributed by atoms with van der Waals surface area (Å²) in [5, 5.41) is 20.4. The van der Waals surface area contributed by atoms with Gasteiger partial charge in [-0.15, -0.1) is 0 Å². The molecule has 0 aromatic rings. The van der Waals surface area contributed by atoms with Gasteiger partial charge in [0.25, 0.3) is 0 Å². The lowest BCUT2D eigenvalue weighted by atomic mass is 9.85. The van der Waals surface area contributed by atoms with E-state index in [1.165, 1.54) is 51.4 Å². The van der Waals surface area contributed by atoms with Gasteiger partial charge in [-0.25, -0.2) is 0 Å². The van der Waals surface area contributed by atoms with Crippen molar-refractivity contribution >= 4 is 11.9 Å². The quantitative estimate of drug-likeness (QED) is 0.590. The Bertz CT molecular complexity index is 341. The molecule has 2 fully saturated rings. The summed E-state index contributed by atoms with van der Waals surface area (Å²) < 4.78 is 0. The molecular weight excluding hydrogens is 308 g/mol. The highest BCUT2D eigenvalue weighted by atomic mass is 16.4. The summed E-state index contributed by atoms with van der Waals surface area (Å²) in [5.41, 5.74) is 5.45. The van der Waals surface area contributed by atoms with E-state index in [2.05, 4.69) is 5.32 Å². The summed E-state index contributed by atoms with van der Waals surface area (Å²) in [4.78, 5) is 21.0. The highest BCUT2D eigenvalue weighted by Gasteiger charge is 2.20. The normalized spacial score (nSPS) is 22.1. The Kier molecular flexibility index (Phi) is 9.95. The minimum absolute atomic E-state index is 0.395. The van der Waals surface area contributed by atoms with Crippen molar-refractivity contribution in [2.24, 2.45) is 11.7 Å². The van der Waals surface area contributed by atoms with Gasteiger partial charge < -0.3 is 21.3 Å². The summed E-state index contributed by atoms with van der Waals surface area (Å²) in [5.74, 6) is -1.05. The van der Waals surface area contributed by atoms with Crippen LogP contribution in [0.4, 0.5) is 0 Å². The average Bonchev–Trinajstić information content (AvgIpc) is 2.57. The summed E-state index contributed by atoms with van der Waals surface area (Å²) in [6, 6.07) is -0.606. The molecule has 0 aliphatic heterocycles. The Hall–Kier alpha value is -1.14. The Morgan fingerprint density at radius 3 is 1.92 bits per heavy atom. The number of carboxylic acids is 2. The summed E-state index contributed by atoms with van der Waals surface area (Å²) in [6.45, 7) is 1.71. The second kappa shape index (κ2) is 11.4. The largest absolute Gasteiger partial charge is 0.480 e. The van der Waals surface area contributed by atoms with Crippen LogP contribution in [0.25, 0.3) is 0 Å². The fourth-order valence-corrected chi connectivity index (χ4v) is 3.58. The molecule has 0 saturated heterocycles. The maximum Gasteiger partial charge on any atom is 0.320 e. The van der Waals surface area contributed by atoms with Gasteiger partial charge in [0.15, 0.2) is 0 Å². The number of nitrogens with one attached hydrogen (secondary N) is 1. The van der Waals surface area contributed by atoms with Crippen LogP contribution in [0.1, 0.15) is 77.6 Å². The number of carbonyl (C=O) groups is 2. The van der Waals surface area contributed by atoms with E-state index >= 15 is 0 Å². The molecule has 140 valence electrons. The molecule has 0 aromatic carbocycles. The third-order valence-electron chi connectivity index (χ3n) is 5.09. The zero-order chi connectivity index (χ0) is 17.9. The van der Waals surface area contributed by atoms with E-state index in [1.807, 2.05) is 0 Å². The van der Waals surface area contributed by atoms with Crippen molar-refractivity contribution in [1.82, 2.24) is 5.32 Å². The molecule has 0 amide bonds. The van der Waals surface area contributed by atoms with Crippen LogP contribution in [0.3, 0.4) is 0 Å². The highest BCUT2D eigenvalue weighted by molar-refractivity contribution is 5.73. The fourth-order valence-electron chi connectivity index (χ4n) is 3.58. The van der Waals surface area contributed by atoms with Gasteiger partial charge in [0.05, 0.1) is 0 Å². The standard InChI is InChI=1S/2C9H17NO2/c1-7(9(11)12)10-8-5-3-2-4-6-8;10-8(9(11)12)6-7-4-2-1-3-5-7/h7-8,10H,2-6H2,1H3,(H,11,12);7-8H,1-6,10H2,(H,11,12)/t7-;8-/m00/s1. The molecule has 2 aliphatic carbocycles. The molecule has 0 unspecified atom stereocenters. The number of rotatable bonds is 6. The van der Waals surface area contributed by atoms with Crippen molar-refractivity contribution in [2.75, 3.05) is 0 Å². The van der Waals surface area contributed by atoms with Crippen LogP contribution in [0.2, 0.25) is 0 Å². The van der Waals surface area contributed by atoms with Gasteiger partial charge in [-0.1, -0.05) is 51.4 Å². The molecule has 2 saturated carbocycles. The minimum atomic E-state index is -0.861. The van der Waals surface area contributed by atoms with Crippen molar-refractivity contribution in [3.05, 3.63) is 0 Å². The SMILES string of the molecule is C[C@H](NC1CCCCC1)C(=O)O.N[C@@H](CC1CCCCC1)C(=O)O. The van der Waals surface area contributed by atoms with Crippen molar-refractivity contribution in [3.63, 3.8) is 0 Å². The molecule has 5 N–H and O–H groups in total. The molecule has 6 nitrogen and oxygen atoms in total. The third-order valence-corrected chi connectivity index (χ3v) is 5.09. The van der Waals surface area contributed by atoms with Gasteiger partial charge in [0.2, 0.25) is 0 Å². The second-order valence-corrected chi connectivity index (χ2v) is 7.25. The maximum atomic E-state index is 10.5. The van der Waals surface area contributed by atoms with Crippen LogP contribution in [0.5, 0.6) is 0 Å². The predicted molar refractivity (Wildman–Crippen MR) is 93.9 cm³/mol. The minimum Gasteiger partial charge on any atom is -0.480 e. The van der Waals surface area contributed by atoms with Crippen LogP contribution in [0, 0.1) is 5.92 Å². The number of nitrogens with two attached hydrogens (primary N) is 1. The smallest absolute Gasteiger partial charge is 0.320 e. The van der Waals surface area contributed by atoms with Crippen molar-refractivity contribution in [3.8, 4) is 0 Å². The molecule has 0 radical (unpaired) electrons. The predicted octanol–water partition coefficient (Wildman–Crippen LogP) is 2.75. The zero-order valence-corrected chi connectivity index (χ0v) is 14.9. The van der Waals surface area contributed by atoms with Crippen molar-refractivity contribution in [2.45, 2.75) is 95.7 Å². The lowest BCUT2D eigenvalue weighted by molar-refractivity contribution is -0.140. The van der Waals surface area contributed by atoms with Gasteiger partial charge in [-0.3, -0.25) is 9.59 Å². The summed E-state index contributed by atoms with van der Waals surface area (Å²) in [7, 11) is 0. The second-order valence-electron chi connectivity index (χ2n) is 7.25. The molecule has 2 atom stereocenters. The first-order chi connectivity index (χ1) is 11.4. The summed E-state index contributed by atoms with van der Waals surface area (Å²) >= 11 is 0. The molecule has 6 heteroatoms.